The van der Waals surface area contributed by atoms with E-state index in [1.165, 1.54) is 26.9 Å². The molecule has 0 spiro atoms. The van der Waals surface area contributed by atoms with Gasteiger partial charge in [-0.3, -0.25) is 0 Å². The number of aromatic amines is 1. The van der Waals surface area contributed by atoms with Gasteiger partial charge in [-0.1, -0.05) is 103 Å². The van der Waals surface area contributed by atoms with Gasteiger partial charge in [-0.25, -0.2) is 9.97 Å². The van der Waals surface area contributed by atoms with Gasteiger partial charge in [-0.15, -0.1) is 0 Å². The number of para-hydroxylation sites is 1. The Morgan fingerprint density at radius 3 is 2.03 bits per heavy atom. The van der Waals surface area contributed by atoms with E-state index >= 15 is 0 Å². The van der Waals surface area contributed by atoms with Crippen LogP contribution in [0.15, 0.2) is 128 Å². The molecule has 0 fully saturated rings. The van der Waals surface area contributed by atoms with Crippen molar-refractivity contribution in [1.29, 1.82) is 0 Å². The Balaban J connectivity index is 1.48. The summed E-state index contributed by atoms with van der Waals surface area (Å²) in [6, 6.07) is 40.0. The summed E-state index contributed by atoms with van der Waals surface area (Å²) in [4.78, 5) is 13.7. The number of benzene rings is 5. The second kappa shape index (κ2) is 8.15. The van der Waals surface area contributed by atoms with Gasteiger partial charge in [0.15, 0.2) is 5.82 Å². The first kappa shape index (κ1) is 20.9. The first-order valence-corrected chi connectivity index (χ1v) is 12.8. The first-order chi connectivity index (χ1) is 18.9. The predicted octanol–water partition coefficient (Wildman–Crippen LogP) is 8.54. The molecule has 0 bridgehead atoms. The number of H-pyrrole nitrogens is 1. The molecule has 0 aliphatic rings. The first-order valence-electron chi connectivity index (χ1n) is 12.8. The number of nitrogens with zero attached hydrogens (tertiary/aromatic N) is 3. The van der Waals surface area contributed by atoms with Crippen molar-refractivity contribution in [3.8, 4) is 28.3 Å². The number of hydrogen-bond acceptors (Lipinski definition) is 2. The molecule has 4 nitrogen and oxygen atoms in total. The van der Waals surface area contributed by atoms with E-state index in [1.54, 1.807) is 0 Å². The fourth-order valence-corrected chi connectivity index (χ4v) is 5.73. The molecule has 0 unspecified atom stereocenters. The molecular weight excluding hydrogens is 464 g/mol. The standard InChI is InChI=1S/C34H22N4/c1-3-11-22(12-4-1)31-29(21-35-34(37-31)23-13-5-2-6-14-23)38-20-19-27-32-30(26-17-9-10-18-28(26)36-32)24-15-7-8-16-25(24)33(27)38/h1-21,36H. The summed E-state index contributed by atoms with van der Waals surface area (Å²) in [7, 11) is 0. The van der Waals surface area contributed by atoms with Crippen molar-refractivity contribution in [2.75, 3.05) is 0 Å². The zero-order valence-corrected chi connectivity index (χ0v) is 20.5. The van der Waals surface area contributed by atoms with E-state index < -0.39 is 0 Å². The van der Waals surface area contributed by atoms with Crippen LogP contribution >= 0.6 is 0 Å². The summed E-state index contributed by atoms with van der Waals surface area (Å²) in [6.45, 7) is 0. The Labute approximate surface area is 218 Å². The van der Waals surface area contributed by atoms with Crippen molar-refractivity contribution in [1.82, 2.24) is 19.5 Å². The highest BCUT2D eigenvalue weighted by Crippen LogP contribution is 2.41. The molecule has 3 aromatic heterocycles. The average molecular weight is 487 g/mol. The van der Waals surface area contributed by atoms with E-state index in [1.807, 2.05) is 30.5 Å². The lowest BCUT2D eigenvalue weighted by molar-refractivity contribution is 1.06. The molecule has 0 amide bonds. The minimum Gasteiger partial charge on any atom is -0.354 e. The Morgan fingerprint density at radius 2 is 1.24 bits per heavy atom. The van der Waals surface area contributed by atoms with Crippen LogP contribution in [0.4, 0.5) is 0 Å². The van der Waals surface area contributed by atoms with Crippen molar-refractivity contribution >= 4 is 43.5 Å². The maximum Gasteiger partial charge on any atom is 0.159 e. The highest BCUT2D eigenvalue weighted by Gasteiger charge is 2.19. The number of fused-ring (bicyclic) bond motifs is 8. The second-order valence-corrected chi connectivity index (χ2v) is 9.57. The highest BCUT2D eigenvalue weighted by molar-refractivity contribution is 6.31. The van der Waals surface area contributed by atoms with Gasteiger partial charge in [0.05, 0.1) is 28.6 Å². The van der Waals surface area contributed by atoms with Crippen LogP contribution in [0.2, 0.25) is 0 Å². The van der Waals surface area contributed by atoms with Gasteiger partial charge in [0.2, 0.25) is 0 Å². The van der Waals surface area contributed by atoms with E-state index in [-0.39, 0.29) is 0 Å². The third kappa shape index (κ3) is 3.04. The summed E-state index contributed by atoms with van der Waals surface area (Å²) in [5, 5.41) is 6.13. The topological polar surface area (TPSA) is 46.5 Å². The van der Waals surface area contributed by atoms with Crippen LogP contribution in [0.3, 0.4) is 0 Å². The third-order valence-electron chi connectivity index (χ3n) is 7.42. The van der Waals surface area contributed by atoms with Gasteiger partial charge in [-0.05, 0) is 17.5 Å². The number of rotatable bonds is 3. The minimum absolute atomic E-state index is 0.715. The van der Waals surface area contributed by atoms with Crippen LogP contribution in [-0.2, 0) is 0 Å². The Hall–Kier alpha value is -5.22. The molecule has 8 rings (SSSR count). The number of nitrogens with one attached hydrogen (secondary N) is 1. The van der Waals surface area contributed by atoms with Gasteiger partial charge in [0.1, 0.15) is 0 Å². The van der Waals surface area contributed by atoms with Gasteiger partial charge in [0, 0.05) is 44.4 Å². The van der Waals surface area contributed by atoms with Crippen molar-refractivity contribution in [3.63, 3.8) is 0 Å². The lowest BCUT2D eigenvalue weighted by atomic mass is 10.0. The molecule has 8 aromatic rings. The van der Waals surface area contributed by atoms with Crippen molar-refractivity contribution < 1.29 is 0 Å². The summed E-state index contributed by atoms with van der Waals surface area (Å²) in [5.74, 6) is 0.715. The van der Waals surface area contributed by atoms with Crippen LogP contribution in [0, 0.1) is 0 Å². The van der Waals surface area contributed by atoms with E-state index in [2.05, 4.69) is 107 Å². The molecule has 3 heterocycles. The molecule has 4 heteroatoms. The fraction of sp³-hybridized carbons (Fsp3) is 0. The quantitative estimate of drug-likeness (QED) is 0.272. The van der Waals surface area contributed by atoms with Crippen molar-refractivity contribution in [2.45, 2.75) is 0 Å². The van der Waals surface area contributed by atoms with E-state index in [4.69, 9.17) is 9.97 Å². The summed E-state index contributed by atoms with van der Waals surface area (Å²) in [6.07, 6.45) is 4.11. The van der Waals surface area contributed by atoms with E-state index in [0.29, 0.717) is 5.82 Å². The summed E-state index contributed by atoms with van der Waals surface area (Å²) < 4.78 is 2.25. The zero-order valence-electron chi connectivity index (χ0n) is 20.5. The van der Waals surface area contributed by atoms with E-state index in [9.17, 15) is 0 Å². The highest BCUT2D eigenvalue weighted by atomic mass is 15.0. The molecule has 178 valence electrons. The molecule has 1 N–H and O–H groups in total. The normalized spacial score (nSPS) is 11.7. The van der Waals surface area contributed by atoms with Crippen LogP contribution in [0.25, 0.3) is 71.8 Å². The molecule has 0 aliphatic heterocycles. The Morgan fingerprint density at radius 1 is 0.579 bits per heavy atom. The smallest absolute Gasteiger partial charge is 0.159 e. The lowest BCUT2D eigenvalue weighted by Crippen LogP contribution is -2.02. The van der Waals surface area contributed by atoms with Crippen LogP contribution < -0.4 is 0 Å². The third-order valence-corrected chi connectivity index (χ3v) is 7.42. The molecule has 0 saturated carbocycles. The predicted molar refractivity (Wildman–Crippen MR) is 157 cm³/mol. The zero-order chi connectivity index (χ0) is 25.1. The number of hydrogen-bond donors (Lipinski definition) is 1. The van der Waals surface area contributed by atoms with Crippen molar-refractivity contribution in [2.24, 2.45) is 0 Å². The van der Waals surface area contributed by atoms with Crippen LogP contribution in [0.1, 0.15) is 0 Å². The molecule has 0 radical (unpaired) electrons. The van der Waals surface area contributed by atoms with Gasteiger partial charge >= 0.3 is 0 Å². The summed E-state index contributed by atoms with van der Waals surface area (Å²) >= 11 is 0. The molecule has 5 aromatic carbocycles. The lowest BCUT2D eigenvalue weighted by Gasteiger charge is -2.14. The number of aromatic nitrogens is 4. The second-order valence-electron chi connectivity index (χ2n) is 9.57. The Kier molecular flexibility index (Phi) is 4.49. The van der Waals surface area contributed by atoms with Gasteiger partial charge in [-0.2, -0.15) is 0 Å². The SMILES string of the molecule is c1ccc(-c2ncc(-n3ccc4c5[nH]c6ccccc6c5c5ccccc5c43)c(-c3ccccc3)n2)cc1. The largest absolute Gasteiger partial charge is 0.354 e. The molecular formula is C34H22N4. The van der Waals surface area contributed by atoms with Gasteiger partial charge < -0.3 is 9.55 Å². The van der Waals surface area contributed by atoms with Crippen molar-refractivity contribution in [3.05, 3.63) is 128 Å². The molecule has 0 atom stereocenters. The molecule has 38 heavy (non-hydrogen) atoms. The van der Waals surface area contributed by atoms with Gasteiger partial charge in [0.25, 0.3) is 0 Å². The average Bonchev–Trinajstić information content (AvgIpc) is 3.61. The minimum atomic E-state index is 0.715. The molecule has 0 saturated heterocycles. The Bertz CT molecular complexity index is 2110. The molecule has 0 aliphatic carbocycles. The van der Waals surface area contributed by atoms with E-state index in [0.717, 1.165) is 39.1 Å². The summed E-state index contributed by atoms with van der Waals surface area (Å²) in [5.41, 5.74) is 7.35. The maximum atomic E-state index is 5.11. The van der Waals surface area contributed by atoms with Crippen LogP contribution in [0.5, 0.6) is 0 Å². The monoisotopic (exact) mass is 486 g/mol. The fourth-order valence-electron chi connectivity index (χ4n) is 5.73. The van der Waals surface area contributed by atoms with Crippen LogP contribution in [-0.4, -0.2) is 19.5 Å². The maximum absolute atomic E-state index is 5.11.